The van der Waals surface area contributed by atoms with Crippen molar-refractivity contribution in [2.45, 2.75) is 13.1 Å². The first-order valence-electron chi connectivity index (χ1n) is 5.29. The topological polar surface area (TPSA) is 63.8 Å². The smallest absolute Gasteiger partial charge is 0.417 e. The summed E-state index contributed by atoms with van der Waals surface area (Å²) in [6, 6.07) is 0.553. The molecule has 0 aliphatic heterocycles. The van der Waals surface area contributed by atoms with Gasteiger partial charge in [0.05, 0.1) is 12.2 Å². The molecule has 0 saturated carbocycles. The van der Waals surface area contributed by atoms with Crippen LogP contribution in [-0.2, 0) is 10.9 Å². The molecule has 0 unspecified atom stereocenters. The molecule has 0 spiro atoms. The Bertz CT molecular complexity index is 634. The van der Waals surface area contributed by atoms with E-state index in [0.717, 1.165) is 16.8 Å². The standard InChI is InChI=1S/C11H9F3N2O3/c1-2-19-10(18)7-5-16-4-6(11(12,13)14)3-8(17)9(16)15-7/h3-5,17H,2H2,1H3. The minimum absolute atomic E-state index is 0.118. The first kappa shape index (κ1) is 13.2. The number of fused-ring (bicyclic) bond motifs is 1. The maximum absolute atomic E-state index is 12.5. The van der Waals surface area contributed by atoms with Gasteiger partial charge in [0.2, 0.25) is 0 Å². The zero-order valence-corrected chi connectivity index (χ0v) is 9.73. The highest BCUT2D eigenvalue weighted by Crippen LogP contribution is 2.32. The molecule has 2 rings (SSSR count). The SMILES string of the molecule is CCOC(=O)c1cn2cc(C(F)(F)F)cc(O)c2n1. The summed E-state index contributed by atoms with van der Waals surface area (Å²) in [6.45, 7) is 1.71. The molecule has 2 heterocycles. The van der Waals surface area contributed by atoms with E-state index in [9.17, 15) is 23.1 Å². The third-order valence-electron chi connectivity index (χ3n) is 2.34. The van der Waals surface area contributed by atoms with E-state index in [0.29, 0.717) is 6.07 Å². The van der Waals surface area contributed by atoms with Crippen molar-refractivity contribution in [1.29, 1.82) is 0 Å². The van der Waals surface area contributed by atoms with Gasteiger partial charge < -0.3 is 14.2 Å². The molecule has 19 heavy (non-hydrogen) atoms. The Balaban J connectivity index is 2.54. The van der Waals surface area contributed by atoms with Crippen LogP contribution in [-0.4, -0.2) is 27.1 Å². The van der Waals surface area contributed by atoms with Gasteiger partial charge >= 0.3 is 12.1 Å². The Hall–Kier alpha value is -2.25. The van der Waals surface area contributed by atoms with Crippen molar-refractivity contribution in [3.63, 3.8) is 0 Å². The fourth-order valence-electron chi connectivity index (χ4n) is 1.54. The van der Waals surface area contributed by atoms with Gasteiger partial charge in [-0.15, -0.1) is 0 Å². The van der Waals surface area contributed by atoms with Crippen LogP contribution in [0, 0.1) is 0 Å². The molecular formula is C11H9F3N2O3. The number of rotatable bonds is 2. The summed E-state index contributed by atoms with van der Waals surface area (Å²) in [5.41, 5.74) is -1.35. The first-order valence-corrected chi connectivity index (χ1v) is 5.29. The third kappa shape index (κ3) is 2.47. The summed E-state index contributed by atoms with van der Waals surface area (Å²) in [5.74, 6) is -1.43. The number of hydrogen-bond acceptors (Lipinski definition) is 4. The second-order valence-electron chi connectivity index (χ2n) is 3.69. The molecule has 0 amide bonds. The van der Waals surface area contributed by atoms with Gasteiger partial charge in [0.1, 0.15) is 0 Å². The van der Waals surface area contributed by atoms with Crippen LogP contribution in [0.4, 0.5) is 13.2 Å². The fraction of sp³-hybridized carbons (Fsp3) is 0.273. The second-order valence-corrected chi connectivity index (χ2v) is 3.69. The van der Waals surface area contributed by atoms with Crippen LogP contribution in [0.3, 0.4) is 0 Å². The number of aromatic hydroxyl groups is 1. The van der Waals surface area contributed by atoms with Gasteiger partial charge in [-0.1, -0.05) is 0 Å². The molecule has 0 aromatic carbocycles. The molecule has 8 heteroatoms. The van der Waals surface area contributed by atoms with Crippen LogP contribution >= 0.6 is 0 Å². The van der Waals surface area contributed by atoms with Crippen LogP contribution in [0.15, 0.2) is 18.5 Å². The van der Waals surface area contributed by atoms with E-state index in [1.165, 1.54) is 0 Å². The van der Waals surface area contributed by atoms with Crippen molar-refractivity contribution in [3.05, 3.63) is 29.7 Å². The molecule has 0 saturated heterocycles. The molecule has 102 valence electrons. The Morgan fingerprint density at radius 3 is 2.74 bits per heavy atom. The Morgan fingerprint density at radius 2 is 2.16 bits per heavy atom. The van der Waals surface area contributed by atoms with Crippen molar-refractivity contribution < 1.29 is 27.8 Å². The molecule has 0 radical (unpaired) electrons. The number of imidazole rings is 1. The van der Waals surface area contributed by atoms with Crippen LogP contribution in [0.1, 0.15) is 23.0 Å². The van der Waals surface area contributed by atoms with Gasteiger partial charge in [-0.2, -0.15) is 13.2 Å². The molecule has 0 atom stereocenters. The van der Waals surface area contributed by atoms with Crippen molar-refractivity contribution in [2.75, 3.05) is 6.61 Å². The number of alkyl halides is 3. The summed E-state index contributed by atoms with van der Waals surface area (Å²) < 4.78 is 43.2. The van der Waals surface area contributed by atoms with Gasteiger partial charge in [-0.05, 0) is 13.0 Å². The summed E-state index contributed by atoms with van der Waals surface area (Å²) >= 11 is 0. The normalized spacial score (nSPS) is 11.8. The lowest BCUT2D eigenvalue weighted by Gasteiger charge is -2.07. The largest absolute Gasteiger partial charge is 0.504 e. The van der Waals surface area contributed by atoms with Crippen LogP contribution in [0.25, 0.3) is 5.65 Å². The Morgan fingerprint density at radius 1 is 1.47 bits per heavy atom. The molecule has 0 fully saturated rings. The number of hydrogen-bond donors (Lipinski definition) is 1. The van der Waals surface area contributed by atoms with E-state index in [1.54, 1.807) is 6.92 Å². The highest BCUT2D eigenvalue weighted by molar-refractivity contribution is 5.88. The van der Waals surface area contributed by atoms with E-state index in [4.69, 9.17) is 0 Å². The minimum Gasteiger partial charge on any atom is -0.504 e. The lowest BCUT2D eigenvalue weighted by atomic mass is 10.2. The zero-order valence-electron chi connectivity index (χ0n) is 9.73. The molecule has 1 N–H and O–H groups in total. The zero-order chi connectivity index (χ0) is 14.2. The molecule has 2 aromatic heterocycles. The third-order valence-corrected chi connectivity index (χ3v) is 2.34. The maximum atomic E-state index is 12.5. The van der Waals surface area contributed by atoms with Gasteiger partial charge in [-0.25, -0.2) is 9.78 Å². The number of aromatic nitrogens is 2. The van der Waals surface area contributed by atoms with Crippen LogP contribution in [0.5, 0.6) is 5.75 Å². The molecular weight excluding hydrogens is 265 g/mol. The van der Waals surface area contributed by atoms with E-state index < -0.39 is 23.5 Å². The monoisotopic (exact) mass is 274 g/mol. The summed E-state index contributed by atoms with van der Waals surface area (Å²) in [7, 11) is 0. The Kier molecular flexibility index (Phi) is 3.09. The van der Waals surface area contributed by atoms with Crippen molar-refractivity contribution in [2.24, 2.45) is 0 Å². The quantitative estimate of drug-likeness (QED) is 0.853. The minimum atomic E-state index is -4.60. The van der Waals surface area contributed by atoms with Crippen molar-refractivity contribution >= 4 is 11.6 Å². The number of pyridine rings is 1. The van der Waals surface area contributed by atoms with Gasteiger partial charge in [0.25, 0.3) is 0 Å². The number of ether oxygens (including phenoxy) is 1. The number of carbonyl (C=O) groups is 1. The average Bonchev–Trinajstić information content (AvgIpc) is 2.72. The number of halogens is 3. The summed E-state index contributed by atoms with van der Waals surface area (Å²) in [5, 5.41) is 9.50. The van der Waals surface area contributed by atoms with Crippen LogP contribution < -0.4 is 0 Å². The lowest BCUT2D eigenvalue weighted by Crippen LogP contribution is -2.06. The number of esters is 1. The summed E-state index contributed by atoms with van der Waals surface area (Å²) in [6.07, 6.45) is -2.78. The van der Waals surface area contributed by atoms with E-state index in [2.05, 4.69) is 9.72 Å². The molecule has 0 aliphatic rings. The lowest BCUT2D eigenvalue weighted by molar-refractivity contribution is -0.138. The van der Waals surface area contributed by atoms with Gasteiger partial charge in [-0.3, -0.25) is 0 Å². The fourth-order valence-corrected chi connectivity index (χ4v) is 1.54. The predicted molar refractivity (Wildman–Crippen MR) is 57.8 cm³/mol. The number of carbonyl (C=O) groups excluding carboxylic acids is 1. The first-order chi connectivity index (χ1) is 8.82. The van der Waals surface area contributed by atoms with Crippen molar-refractivity contribution in [3.8, 4) is 5.75 Å². The molecule has 2 aromatic rings. The Labute approximate surface area is 105 Å². The van der Waals surface area contributed by atoms with E-state index >= 15 is 0 Å². The average molecular weight is 274 g/mol. The van der Waals surface area contributed by atoms with Crippen molar-refractivity contribution in [1.82, 2.24) is 9.38 Å². The second kappa shape index (κ2) is 4.45. The maximum Gasteiger partial charge on any atom is 0.417 e. The van der Waals surface area contributed by atoms with E-state index in [1.807, 2.05) is 0 Å². The van der Waals surface area contributed by atoms with Gasteiger partial charge in [0.15, 0.2) is 17.1 Å². The predicted octanol–water partition coefficient (Wildman–Crippen LogP) is 2.24. The van der Waals surface area contributed by atoms with E-state index in [-0.39, 0.29) is 17.9 Å². The molecule has 0 bridgehead atoms. The number of nitrogens with zero attached hydrogens (tertiary/aromatic N) is 2. The molecule has 0 aliphatic carbocycles. The molecule has 5 nitrogen and oxygen atoms in total. The van der Waals surface area contributed by atoms with Crippen LogP contribution in [0.2, 0.25) is 0 Å². The highest BCUT2D eigenvalue weighted by atomic mass is 19.4. The highest BCUT2D eigenvalue weighted by Gasteiger charge is 2.32. The summed E-state index contributed by atoms with van der Waals surface area (Å²) in [4.78, 5) is 15.1. The van der Waals surface area contributed by atoms with Gasteiger partial charge in [0, 0.05) is 12.4 Å².